The summed E-state index contributed by atoms with van der Waals surface area (Å²) in [5.41, 5.74) is 3.66. The molecule has 26 heavy (non-hydrogen) atoms. The van der Waals surface area contributed by atoms with Crippen LogP contribution >= 0.6 is 0 Å². The first kappa shape index (κ1) is 18.4. The molecule has 0 spiro atoms. The first-order chi connectivity index (χ1) is 12.7. The van der Waals surface area contributed by atoms with Crippen LogP contribution in [0.4, 0.5) is 0 Å². The van der Waals surface area contributed by atoms with Crippen molar-refractivity contribution in [2.45, 2.75) is 19.8 Å². The van der Waals surface area contributed by atoms with Crippen LogP contribution in [-0.2, 0) is 17.6 Å². The van der Waals surface area contributed by atoms with Gasteiger partial charge in [-0.25, -0.2) is 0 Å². The average molecular weight is 348 g/mol. The van der Waals surface area contributed by atoms with E-state index in [1.54, 1.807) is 0 Å². The highest BCUT2D eigenvalue weighted by Gasteiger charge is 2.20. The normalized spacial score (nSPS) is 15.5. The van der Waals surface area contributed by atoms with Crippen molar-refractivity contribution in [3.05, 3.63) is 77.4 Å². The second kappa shape index (κ2) is 9.35. The van der Waals surface area contributed by atoms with Crippen LogP contribution in [0, 0.1) is 0 Å². The van der Waals surface area contributed by atoms with Gasteiger partial charge in [0.05, 0.1) is 6.42 Å². The minimum absolute atomic E-state index is 0.244. The molecule has 0 saturated carbocycles. The highest BCUT2D eigenvalue weighted by atomic mass is 16.2. The maximum absolute atomic E-state index is 12.5. The van der Waals surface area contributed by atoms with Crippen molar-refractivity contribution in [3.63, 3.8) is 0 Å². The summed E-state index contributed by atoms with van der Waals surface area (Å²) >= 11 is 0. The zero-order valence-corrected chi connectivity index (χ0v) is 15.6. The molecule has 0 atom stereocenters. The fourth-order valence-electron chi connectivity index (χ4n) is 3.26. The Morgan fingerprint density at radius 1 is 0.923 bits per heavy atom. The molecule has 0 aromatic heterocycles. The number of aryl methyl sites for hydroxylation is 1. The van der Waals surface area contributed by atoms with E-state index >= 15 is 0 Å². The Kier molecular flexibility index (Phi) is 6.62. The molecule has 0 N–H and O–H groups in total. The van der Waals surface area contributed by atoms with Gasteiger partial charge in [0.25, 0.3) is 0 Å². The van der Waals surface area contributed by atoms with Gasteiger partial charge in [-0.1, -0.05) is 73.7 Å². The van der Waals surface area contributed by atoms with E-state index < -0.39 is 0 Å². The van der Waals surface area contributed by atoms with E-state index in [1.807, 2.05) is 11.0 Å². The van der Waals surface area contributed by atoms with Crippen LogP contribution in [0.5, 0.6) is 0 Å². The van der Waals surface area contributed by atoms with Crippen LogP contribution in [0.2, 0.25) is 0 Å². The molecule has 1 aliphatic rings. The fourth-order valence-corrected chi connectivity index (χ4v) is 3.26. The van der Waals surface area contributed by atoms with E-state index in [9.17, 15) is 4.79 Å². The molecule has 0 aliphatic carbocycles. The van der Waals surface area contributed by atoms with Crippen molar-refractivity contribution in [1.29, 1.82) is 0 Å². The maximum atomic E-state index is 12.5. The second-order valence-electron chi connectivity index (χ2n) is 6.84. The average Bonchev–Trinajstić information content (AvgIpc) is 2.70. The van der Waals surface area contributed by atoms with Crippen molar-refractivity contribution in [2.75, 3.05) is 32.7 Å². The summed E-state index contributed by atoms with van der Waals surface area (Å²) in [6.45, 7) is 6.62. The summed E-state index contributed by atoms with van der Waals surface area (Å²) < 4.78 is 0. The van der Waals surface area contributed by atoms with Gasteiger partial charge in [0.2, 0.25) is 5.91 Å². The zero-order valence-electron chi connectivity index (χ0n) is 15.6. The molecular formula is C23H28N2O. The molecule has 0 bridgehead atoms. The largest absolute Gasteiger partial charge is 0.340 e. The summed E-state index contributed by atoms with van der Waals surface area (Å²) in [5, 5.41) is 0. The lowest BCUT2D eigenvalue weighted by molar-refractivity contribution is -0.132. The second-order valence-corrected chi connectivity index (χ2v) is 6.84. The molecule has 0 radical (unpaired) electrons. The highest BCUT2D eigenvalue weighted by Crippen LogP contribution is 2.10. The molecule has 136 valence electrons. The summed E-state index contributed by atoms with van der Waals surface area (Å²) in [6.07, 6.45) is 5.92. The fraction of sp³-hybridized carbons (Fsp3) is 0.348. The van der Waals surface area contributed by atoms with E-state index in [1.165, 1.54) is 11.1 Å². The zero-order chi connectivity index (χ0) is 18.2. The third-order valence-electron chi connectivity index (χ3n) is 4.99. The molecule has 2 aromatic carbocycles. The monoisotopic (exact) mass is 348 g/mol. The van der Waals surface area contributed by atoms with Crippen LogP contribution in [-0.4, -0.2) is 48.4 Å². The van der Waals surface area contributed by atoms with Crippen molar-refractivity contribution in [3.8, 4) is 0 Å². The first-order valence-electron chi connectivity index (χ1n) is 9.54. The molecule has 3 rings (SSSR count). The van der Waals surface area contributed by atoms with Crippen molar-refractivity contribution < 1.29 is 4.79 Å². The lowest BCUT2D eigenvalue weighted by atomic mass is 10.1. The van der Waals surface area contributed by atoms with Gasteiger partial charge < -0.3 is 4.90 Å². The molecule has 1 heterocycles. The van der Waals surface area contributed by atoms with Gasteiger partial charge in [-0.15, -0.1) is 0 Å². The Morgan fingerprint density at radius 2 is 1.58 bits per heavy atom. The Balaban J connectivity index is 1.42. The third kappa shape index (κ3) is 5.30. The van der Waals surface area contributed by atoms with Gasteiger partial charge in [0, 0.05) is 32.7 Å². The van der Waals surface area contributed by atoms with Gasteiger partial charge >= 0.3 is 0 Å². The van der Waals surface area contributed by atoms with Crippen LogP contribution in [0.3, 0.4) is 0 Å². The minimum atomic E-state index is 0.244. The van der Waals surface area contributed by atoms with Crippen LogP contribution < -0.4 is 0 Å². The highest BCUT2D eigenvalue weighted by molar-refractivity contribution is 5.78. The molecule has 0 unspecified atom stereocenters. The summed E-state index contributed by atoms with van der Waals surface area (Å²) in [4.78, 5) is 16.9. The molecule has 1 aliphatic heterocycles. The number of carbonyl (C=O) groups is 1. The number of hydrogen-bond acceptors (Lipinski definition) is 2. The number of benzene rings is 2. The summed E-state index contributed by atoms with van der Waals surface area (Å²) in [7, 11) is 0. The number of hydrogen-bond donors (Lipinski definition) is 0. The molecule has 2 aromatic rings. The Morgan fingerprint density at radius 3 is 2.23 bits per heavy atom. The third-order valence-corrected chi connectivity index (χ3v) is 4.99. The van der Waals surface area contributed by atoms with Crippen LogP contribution in [0.15, 0.2) is 60.7 Å². The van der Waals surface area contributed by atoms with Crippen LogP contribution in [0.25, 0.3) is 6.08 Å². The van der Waals surface area contributed by atoms with Gasteiger partial charge in [0.1, 0.15) is 0 Å². The van der Waals surface area contributed by atoms with Crippen LogP contribution in [0.1, 0.15) is 23.6 Å². The first-order valence-corrected chi connectivity index (χ1v) is 9.54. The lowest BCUT2D eigenvalue weighted by Gasteiger charge is -2.34. The van der Waals surface area contributed by atoms with Crippen molar-refractivity contribution in [2.24, 2.45) is 0 Å². The predicted molar refractivity (Wildman–Crippen MR) is 108 cm³/mol. The SMILES string of the molecule is CCc1ccc(CC(=O)N2CCN(C/C=C/c3ccccc3)CC2)cc1. The molecule has 1 fully saturated rings. The van der Waals surface area contributed by atoms with Gasteiger partial charge in [0.15, 0.2) is 0 Å². The van der Waals surface area contributed by atoms with Gasteiger partial charge in [-0.2, -0.15) is 0 Å². The minimum Gasteiger partial charge on any atom is -0.340 e. The van der Waals surface area contributed by atoms with Crippen molar-refractivity contribution >= 4 is 12.0 Å². The molecule has 3 heteroatoms. The smallest absolute Gasteiger partial charge is 0.227 e. The summed E-state index contributed by atoms with van der Waals surface area (Å²) in [5.74, 6) is 0.244. The Labute approximate surface area is 156 Å². The number of rotatable bonds is 6. The molecule has 1 saturated heterocycles. The Bertz CT molecular complexity index is 714. The topological polar surface area (TPSA) is 23.6 Å². The van der Waals surface area contributed by atoms with E-state index in [2.05, 4.69) is 72.5 Å². The number of nitrogens with zero attached hydrogens (tertiary/aromatic N) is 2. The summed E-state index contributed by atoms with van der Waals surface area (Å²) in [6, 6.07) is 18.8. The number of amides is 1. The van der Waals surface area contributed by atoms with E-state index in [0.29, 0.717) is 6.42 Å². The molecule has 1 amide bonds. The maximum Gasteiger partial charge on any atom is 0.227 e. The van der Waals surface area contributed by atoms with E-state index in [4.69, 9.17) is 0 Å². The standard InChI is InChI=1S/C23H28N2O/c1-2-20-10-12-22(13-11-20)19-23(26)25-17-15-24(16-18-25)14-6-9-21-7-4-3-5-8-21/h3-13H,2,14-19H2,1H3/b9-6+. The van der Waals surface area contributed by atoms with E-state index in [0.717, 1.165) is 44.7 Å². The Hall–Kier alpha value is -2.39. The lowest BCUT2D eigenvalue weighted by Crippen LogP contribution is -2.49. The molecular weight excluding hydrogens is 320 g/mol. The van der Waals surface area contributed by atoms with Crippen molar-refractivity contribution in [1.82, 2.24) is 9.80 Å². The number of piperazine rings is 1. The quantitative estimate of drug-likeness (QED) is 0.795. The molecule has 3 nitrogen and oxygen atoms in total. The van der Waals surface area contributed by atoms with E-state index in [-0.39, 0.29) is 5.91 Å². The predicted octanol–water partition coefficient (Wildman–Crippen LogP) is 3.65. The number of carbonyl (C=O) groups excluding carboxylic acids is 1. The van der Waals surface area contributed by atoms with Gasteiger partial charge in [-0.3, -0.25) is 9.69 Å². The van der Waals surface area contributed by atoms with Gasteiger partial charge in [-0.05, 0) is 23.1 Å².